The monoisotopic (exact) mass is 245 g/mol. The molecule has 0 amide bonds. The number of hydrogen-bond donors (Lipinski definition) is 1. The summed E-state index contributed by atoms with van der Waals surface area (Å²) in [5, 5.41) is 5.96. The predicted molar refractivity (Wildman–Crippen MR) is 78.4 cm³/mol. The van der Waals surface area contributed by atoms with Crippen molar-refractivity contribution in [1.82, 2.24) is 9.55 Å². The van der Waals surface area contributed by atoms with Gasteiger partial charge in [-0.05, 0) is 12.1 Å². The van der Waals surface area contributed by atoms with Crippen molar-refractivity contribution in [1.29, 1.82) is 0 Å². The number of rotatable bonds is 0. The molecule has 0 spiro atoms. The Labute approximate surface area is 109 Å². The van der Waals surface area contributed by atoms with E-state index in [1.165, 1.54) is 27.5 Å². The van der Waals surface area contributed by atoms with E-state index in [2.05, 4.69) is 52.3 Å². The lowest BCUT2D eigenvalue weighted by molar-refractivity contribution is 0.878. The molecule has 90 valence electrons. The fraction of sp³-hybridized carbons (Fsp3) is 0.0625. The van der Waals surface area contributed by atoms with E-state index in [1.807, 2.05) is 6.07 Å². The first-order chi connectivity index (χ1) is 9.43. The molecule has 0 unspecified atom stereocenters. The molecule has 19 heavy (non-hydrogen) atoms. The number of benzene rings is 2. The third kappa shape index (κ3) is 1.02. The SMILES string of the molecule is c1ccc2c3c4c(nc2c1)c1ccccc1n4CN3. The Bertz CT molecular complexity index is 960. The lowest BCUT2D eigenvalue weighted by atomic mass is 10.1. The quantitative estimate of drug-likeness (QED) is 0.511. The lowest BCUT2D eigenvalue weighted by Crippen LogP contribution is -1.98. The van der Waals surface area contributed by atoms with Crippen molar-refractivity contribution in [3.05, 3.63) is 48.5 Å². The molecule has 3 nitrogen and oxygen atoms in total. The molecule has 0 saturated carbocycles. The molecule has 2 aromatic carbocycles. The third-order valence-electron chi connectivity index (χ3n) is 4.00. The maximum absolute atomic E-state index is 4.87. The Morgan fingerprint density at radius 1 is 0.947 bits per heavy atom. The standard InChI is InChI=1S/C16H11N3/c1-3-7-12-10(5-1)14-16-15(18-12)11-6-2-4-8-13(11)19(16)9-17-14/h1-8,17H,9H2. The Kier molecular flexibility index (Phi) is 1.51. The predicted octanol–water partition coefficient (Wildman–Crippen LogP) is 3.73. The average Bonchev–Trinajstić information content (AvgIpc) is 3.03. The minimum absolute atomic E-state index is 0.828. The molecular weight excluding hydrogens is 234 g/mol. The summed E-state index contributed by atoms with van der Waals surface area (Å²) < 4.78 is 2.32. The summed E-state index contributed by atoms with van der Waals surface area (Å²) in [6.07, 6.45) is 0. The molecule has 0 aliphatic carbocycles. The number of pyridine rings is 1. The first kappa shape index (κ1) is 9.39. The second-order valence-corrected chi connectivity index (χ2v) is 4.98. The summed E-state index contributed by atoms with van der Waals surface area (Å²) >= 11 is 0. The van der Waals surface area contributed by atoms with Crippen LogP contribution in [0.25, 0.3) is 32.8 Å². The van der Waals surface area contributed by atoms with Gasteiger partial charge in [0.1, 0.15) is 0 Å². The van der Waals surface area contributed by atoms with Crippen LogP contribution >= 0.6 is 0 Å². The summed E-state index contributed by atoms with van der Waals surface area (Å²) in [4.78, 5) is 4.87. The molecule has 1 N–H and O–H groups in total. The van der Waals surface area contributed by atoms with Crippen molar-refractivity contribution >= 4 is 38.5 Å². The summed E-state index contributed by atoms with van der Waals surface area (Å²) in [7, 11) is 0. The topological polar surface area (TPSA) is 29.9 Å². The number of nitrogens with one attached hydrogen (secondary N) is 1. The van der Waals surface area contributed by atoms with Gasteiger partial charge in [0, 0.05) is 10.8 Å². The summed E-state index contributed by atoms with van der Waals surface area (Å²) in [6, 6.07) is 16.8. The first-order valence-electron chi connectivity index (χ1n) is 6.47. The smallest absolute Gasteiger partial charge is 0.0989 e. The Morgan fingerprint density at radius 3 is 2.68 bits per heavy atom. The molecule has 5 rings (SSSR count). The van der Waals surface area contributed by atoms with Crippen molar-refractivity contribution in [2.24, 2.45) is 0 Å². The lowest BCUT2D eigenvalue weighted by Gasteiger charge is -2.04. The highest BCUT2D eigenvalue weighted by Crippen LogP contribution is 2.39. The van der Waals surface area contributed by atoms with E-state index in [-0.39, 0.29) is 0 Å². The first-order valence-corrected chi connectivity index (χ1v) is 6.47. The maximum atomic E-state index is 4.87. The van der Waals surface area contributed by atoms with Gasteiger partial charge in [0.05, 0.1) is 34.4 Å². The molecule has 1 aliphatic heterocycles. The Morgan fingerprint density at radius 2 is 1.74 bits per heavy atom. The Hall–Kier alpha value is -2.55. The van der Waals surface area contributed by atoms with E-state index >= 15 is 0 Å². The van der Waals surface area contributed by atoms with Gasteiger partial charge < -0.3 is 9.88 Å². The highest BCUT2D eigenvalue weighted by atomic mass is 15.2. The fourth-order valence-electron chi connectivity index (χ4n) is 3.18. The number of fused-ring (bicyclic) bond motifs is 5. The van der Waals surface area contributed by atoms with E-state index in [4.69, 9.17) is 4.98 Å². The summed E-state index contributed by atoms with van der Waals surface area (Å²) in [5.74, 6) is 0. The molecule has 1 aliphatic rings. The van der Waals surface area contributed by atoms with Crippen LogP contribution in [0.4, 0.5) is 5.69 Å². The largest absolute Gasteiger partial charge is 0.365 e. The van der Waals surface area contributed by atoms with E-state index in [0.717, 1.165) is 17.7 Å². The van der Waals surface area contributed by atoms with Crippen LogP contribution in [-0.2, 0) is 6.67 Å². The van der Waals surface area contributed by atoms with Gasteiger partial charge in [0.25, 0.3) is 0 Å². The summed E-state index contributed by atoms with van der Waals surface area (Å²) in [5.41, 5.74) is 5.87. The minimum Gasteiger partial charge on any atom is -0.365 e. The van der Waals surface area contributed by atoms with Gasteiger partial charge in [-0.1, -0.05) is 36.4 Å². The molecule has 3 heteroatoms. The van der Waals surface area contributed by atoms with E-state index in [0.29, 0.717) is 0 Å². The van der Waals surface area contributed by atoms with Gasteiger partial charge in [-0.25, -0.2) is 4.98 Å². The molecule has 0 saturated heterocycles. The van der Waals surface area contributed by atoms with Gasteiger partial charge in [-0.2, -0.15) is 0 Å². The van der Waals surface area contributed by atoms with Crippen molar-refractivity contribution in [2.75, 3.05) is 5.32 Å². The number of aromatic nitrogens is 2. The van der Waals surface area contributed by atoms with Crippen molar-refractivity contribution in [3.8, 4) is 0 Å². The van der Waals surface area contributed by atoms with Gasteiger partial charge in [0.15, 0.2) is 0 Å². The second kappa shape index (κ2) is 3.06. The molecule has 0 fully saturated rings. The zero-order valence-electron chi connectivity index (χ0n) is 10.2. The average molecular weight is 245 g/mol. The summed E-state index contributed by atoms with van der Waals surface area (Å²) in [6.45, 7) is 0.828. The van der Waals surface area contributed by atoms with Crippen LogP contribution < -0.4 is 5.32 Å². The molecule has 2 aromatic heterocycles. The van der Waals surface area contributed by atoms with Crippen LogP contribution in [0, 0.1) is 0 Å². The van der Waals surface area contributed by atoms with Gasteiger partial charge in [-0.15, -0.1) is 0 Å². The Balaban J connectivity index is 2.17. The molecule has 0 radical (unpaired) electrons. The zero-order chi connectivity index (χ0) is 12.4. The van der Waals surface area contributed by atoms with E-state index in [1.54, 1.807) is 0 Å². The van der Waals surface area contributed by atoms with Crippen molar-refractivity contribution in [2.45, 2.75) is 6.67 Å². The number of anilines is 1. The van der Waals surface area contributed by atoms with Crippen LogP contribution in [0.2, 0.25) is 0 Å². The van der Waals surface area contributed by atoms with Gasteiger partial charge >= 0.3 is 0 Å². The zero-order valence-corrected chi connectivity index (χ0v) is 10.2. The number of para-hydroxylation sites is 2. The van der Waals surface area contributed by atoms with Crippen LogP contribution in [0.3, 0.4) is 0 Å². The van der Waals surface area contributed by atoms with Gasteiger partial charge in [-0.3, -0.25) is 0 Å². The van der Waals surface area contributed by atoms with Crippen LogP contribution in [0.1, 0.15) is 0 Å². The molecule has 3 heterocycles. The third-order valence-corrected chi connectivity index (χ3v) is 4.00. The minimum atomic E-state index is 0.828. The van der Waals surface area contributed by atoms with Crippen LogP contribution in [0.5, 0.6) is 0 Å². The highest BCUT2D eigenvalue weighted by molar-refractivity contribution is 6.17. The highest BCUT2D eigenvalue weighted by Gasteiger charge is 2.21. The molecule has 0 bridgehead atoms. The van der Waals surface area contributed by atoms with Gasteiger partial charge in [0.2, 0.25) is 0 Å². The van der Waals surface area contributed by atoms with E-state index < -0.39 is 0 Å². The van der Waals surface area contributed by atoms with Crippen molar-refractivity contribution < 1.29 is 0 Å². The molecular formula is C16H11N3. The van der Waals surface area contributed by atoms with E-state index in [9.17, 15) is 0 Å². The molecule has 0 atom stereocenters. The van der Waals surface area contributed by atoms with Crippen LogP contribution in [0.15, 0.2) is 48.5 Å². The van der Waals surface area contributed by atoms with Crippen molar-refractivity contribution in [3.63, 3.8) is 0 Å². The van der Waals surface area contributed by atoms with Crippen LogP contribution in [-0.4, -0.2) is 9.55 Å². The number of hydrogen-bond acceptors (Lipinski definition) is 2. The maximum Gasteiger partial charge on any atom is 0.0989 e. The number of nitrogens with zero attached hydrogens (tertiary/aromatic N) is 2. The fourth-order valence-corrected chi connectivity index (χ4v) is 3.18. The second-order valence-electron chi connectivity index (χ2n) is 4.98. The molecule has 4 aromatic rings. The normalized spacial score (nSPS) is 13.5.